The van der Waals surface area contributed by atoms with Gasteiger partial charge >= 0.3 is 5.97 Å². The van der Waals surface area contributed by atoms with Crippen LogP contribution in [0.4, 0.5) is 0 Å². The van der Waals surface area contributed by atoms with Gasteiger partial charge in [0.05, 0.1) is 0 Å². The summed E-state index contributed by atoms with van der Waals surface area (Å²) in [5.74, 6) is 9.86. The molecule has 1 N–H and O–H groups in total. The zero-order valence-electron chi connectivity index (χ0n) is 12.2. The van der Waals surface area contributed by atoms with Crippen molar-refractivity contribution in [2.75, 3.05) is 0 Å². The smallest absolute Gasteiger partial charge is 0.304 e. The van der Waals surface area contributed by atoms with Crippen molar-refractivity contribution in [1.82, 2.24) is 0 Å². The minimum absolute atomic E-state index is 0.387. The van der Waals surface area contributed by atoms with E-state index in [0.717, 1.165) is 12.8 Å². The molecule has 3 heteroatoms. The minimum Gasteiger partial charge on any atom is -0.445 e. The van der Waals surface area contributed by atoms with Crippen molar-refractivity contribution in [3.63, 3.8) is 0 Å². The van der Waals surface area contributed by atoms with Crippen LogP contribution in [0, 0.1) is 23.7 Å². The number of ether oxygens (including phenoxy) is 1. The molecule has 0 saturated heterocycles. The molecule has 0 saturated carbocycles. The highest BCUT2D eigenvalue weighted by atomic mass is 16.5. The van der Waals surface area contributed by atoms with Gasteiger partial charge in [0, 0.05) is 6.92 Å². The quantitative estimate of drug-likeness (QED) is 0.336. The van der Waals surface area contributed by atoms with Crippen molar-refractivity contribution < 1.29 is 14.6 Å². The maximum atomic E-state index is 11.0. The fourth-order valence-corrected chi connectivity index (χ4v) is 1.30. The van der Waals surface area contributed by atoms with Crippen LogP contribution in [0.2, 0.25) is 0 Å². The lowest BCUT2D eigenvalue weighted by Gasteiger charge is -2.05. The Morgan fingerprint density at radius 3 is 2.65 bits per heavy atom. The van der Waals surface area contributed by atoms with Crippen LogP contribution in [0.5, 0.6) is 0 Å². The summed E-state index contributed by atoms with van der Waals surface area (Å²) in [5, 5.41) is 9.13. The van der Waals surface area contributed by atoms with Gasteiger partial charge in [-0.25, -0.2) is 0 Å². The first-order valence-electron chi connectivity index (χ1n) is 6.75. The Morgan fingerprint density at radius 2 is 2.05 bits per heavy atom. The first kappa shape index (κ1) is 18.0. The number of esters is 1. The lowest BCUT2D eigenvalue weighted by Crippen LogP contribution is -2.11. The van der Waals surface area contributed by atoms with E-state index in [1.54, 1.807) is 6.08 Å². The number of hydrogen-bond acceptors (Lipinski definition) is 3. The molecule has 2 atom stereocenters. The van der Waals surface area contributed by atoms with Crippen molar-refractivity contribution in [3.8, 4) is 23.7 Å². The van der Waals surface area contributed by atoms with Crippen molar-refractivity contribution in [2.24, 2.45) is 0 Å². The molecule has 0 amide bonds. The van der Waals surface area contributed by atoms with E-state index in [4.69, 9.17) is 9.84 Å². The molecule has 108 valence electrons. The predicted octanol–water partition coefficient (Wildman–Crippen LogP) is 2.61. The third-order valence-electron chi connectivity index (χ3n) is 2.30. The average Bonchev–Trinajstić information content (AvgIpc) is 2.42. The lowest BCUT2D eigenvalue weighted by atomic mass is 10.2. The Balaban J connectivity index is 4.47. The molecule has 0 bridgehead atoms. The first-order chi connectivity index (χ1) is 9.60. The van der Waals surface area contributed by atoms with E-state index in [1.807, 2.05) is 6.08 Å². The molecule has 0 aromatic carbocycles. The highest BCUT2D eigenvalue weighted by Crippen LogP contribution is 2.02. The summed E-state index contributed by atoms with van der Waals surface area (Å²) < 4.78 is 5.04. The van der Waals surface area contributed by atoms with Crippen molar-refractivity contribution in [2.45, 2.75) is 51.7 Å². The zero-order chi connectivity index (χ0) is 15.2. The molecule has 0 aliphatic rings. The minimum atomic E-state index is -0.888. The second-order valence-corrected chi connectivity index (χ2v) is 4.17. The Labute approximate surface area is 121 Å². The Kier molecular flexibility index (Phi) is 10.9. The molecule has 0 spiro atoms. The molecular formula is C17H22O3. The average molecular weight is 274 g/mol. The second kappa shape index (κ2) is 12.1. The monoisotopic (exact) mass is 274 g/mol. The topological polar surface area (TPSA) is 46.5 Å². The largest absolute Gasteiger partial charge is 0.445 e. The Morgan fingerprint density at radius 1 is 1.35 bits per heavy atom. The molecule has 0 aromatic heterocycles. The van der Waals surface area contributed by atoms with E-state index in [2.05, 4.69) is 37.2 Å². The first-order valence-corrected chi connectivity index (χ1v) is 6.75. The van der Waals surface area contributed by atoms with Gasteiger partial charge in [-0.05, 0) is 36.7 Å². The lowest BCUT2D eigenvalue weighted by molar-refractivity contribution is -0.142. The van der Waals surface area contributed by atoms with Gasteiger partial charge < -0.3 is 9.84 Å². The van der Waals surface area contributed by atoms with E-state index in [-0.39, 0.29) is 5.97 Å². The van der Waals surface area contributed by atoms with Crippen molar-refractivity contribution in [3.05, 3.63) is 24.8 Å². The van der Waals surface area contributed by atoms with Gasteiger partial charge in [-0.15, -0.1) is 0 Å². The van der Waals surface area contributed by atoms with Gasteiger partial charge in [-0.3, -0.25) is 4.79 Å². The van der Waals surface area contributed by atoms with Crippen LogP contribution in [0.25, 0.3) is 0 Å². The highest BCUT2D eigenvalue weighted by Gasteiger charge is 2.02. The summed E-state index contributed by atoms with van der Waals surface area (Å²) in [6, 6.07) is 0. The van der Waals surface area contributed by atoms with Crippen molar-refractivity contribution in [1.29, 1.82) is 0 Å². The number of allylic oxidation sites excluding steroid dienone is 1. The third kappa shape index (κ3) is 11.1. The molecule has 3 nitrogen and oxygen atoms in total. The van der Waals surface area contributed by atoms with Gasteiger partial charge in [0.1, 0.15) is 6.10 Å². The number of carbonyl (C=O) groups excluding carboxylic acids is 1. The number of aliphatic hydroxyl groups is 1. The number of unbranched alkanes of at least 4 members (excludes halogenated alkanes) is 3. The summed E-state index contributed by atoms with van der Waals surface area (Å²) in [5.41, 5.74) is 0. The summed E-state index contributed by atoms with van der Waals surface area (Å²) in [6.07, 6.45) is 7.95. The molecular weight excluding hydrogens is 252 g/mol. The number of hydrogen-bond donors (Lipinski definition) is 1. The molecule has 0 rings (SSSR count). The molecule has 0 aliphatic carbocycles. The van der Waals surface area contributed by atoms with Crippen LogP contribution >= 0.6 is 0 Å². The van der Waals surface area contributed by atoms with Crippen molar-refractivity contribution >= 4 is 5.97 Å². The van der Waals surface area contributed by atoms with Gasteiger partial charge in [-0.1, -0.05) is 44.4 Å². The Bertz CT molecular complexity index is 440. The maximum absolute atomic E-state index is 11.0. The van der Waals surface area contributed by atoms with Crippen LogP contribution in [0.15, 0.2) is 24.8 Å². The van der Waals surface area contributed by atoms with Gasteiger partial charge in [0.2, 0.25) is 0 Å². The second-order valence-electron chi connectivity index (χ2n) is 4.17. The normalized spacial score (nSPS) is 12.6. The zero-order valence-corrected chi connectivity index (χ0v) is 12.2. The molecule has 0 aromatic rings. The van der Waals surface area contributed by atoms with E-state index < -0.39 is 12.2 Å². The standard InChI is InChI=1S/C17H22O3/c1-4-6-7-8-9-13-17(20-15(3)18)14-11-10-12-16(19)5-2/h5,9,13,16-17,19H,2,4,6-8H2,1,3H3/b13-9-. The molecule has 0 radical (unpaired) electrons. The van der Waals surface area contributed by atoms with Crippen LogP contribution < -0.4 is 0 Å². The summed E-state index contributed by atoms with van der Waals surface area (Å²) >= 11 is 0. The fraction of sp³-hybridized carbons (Fsp3) is 0.471. The van der Waals surface area contributed by atoms with E-state index >= 15 is 0 Å². The molecule has 20 heavy (non-hydrogen) atoms. The number of rotatable bonds is 7. The van der Waals surface area contributed by atoms with E-state index in [1.165, 1.54) is 25.8 Å². The fourth-order valence-electron chi connectivity index (χ4n) is 1.30. The van der Waals surface area contributed by atoms with Crippen LogP contribution in [0.1, 0.15) is 39.5 Å². The summed E-state index contributed by atoms with van der Waals surface area (Å²) in [7, 11) is 0. The highest BCUT2D eigenvalue weighted by molar-refractivity contribution is 5.66. The SMILES string of the molecule is C=CC(O)C#CC#CC(/C=C\CCCCC)OC(C)=O. The Hall–Kier alpha value is -1.97. The number of carbonyl (C=O) groups is 1. The molecule has 0 fully saturated rings. The summed E-state index contributed by atoms with van der Waals surface area (Å²) in [6.45, 7) is 6.88. The van der Waals surface area contributed by atoms with Crippen LogP contribution in [-0.4, -0.2) is 23.3 Å². The maximum Gasteiger partial charge on any atom is 0.304 e. The predicted molar refractivity (Wildman–Crippen MR) is 80.6 cm³/mol. The van der Waals surface area contributed by atoms with E-state index in [9.17, 15) is 4.79 Å². The van der Waals surface area contributed by atoms with Crippen LogP contribution in [-0.2, 0) is 9.53 Å². The molecule has 2 unspecified atom stereocenters. The third-order valence-corrected chi connectivity index (χ3v) is 2.30. The van der Waals surface area contributed by atoms with Gasteiger partial charge in [0.25, 0.3) is 0 Å². The summed E-state index contributed by atoms with van der Waals surface area (Å²) in [4.78, 5) is 11.0. The molecule has 0 aliphatic heterocycles. The van der Waals surface area contributed by atoms with E-state index in [0.29, 0.717) is 0 Å². The van der Waals surface area contributed by atoms with Gasteiger partial charge in [-0.2, -0.15) is 0 Å². The van der Waals surface area contributed by atoms with Crippen LogP contribution in [0.3, 0.4) is 0 Å². The van der Waals surface area contributed by atoms with Gasteiger partial charge in [0.15, 0.2) is 6.10 Å². The molecule has 0 heterocycles. The number of aliphatic hydroxyl groups excluding tert-OH is 1.